The Labute approximate surface area is 219 Å². The van der Waals surface area contributed by atoms with Gasteiger partial charge in [0, 0.05) is 24.7 Å². The smallest absolute Gasteiger partial charge is 0.338 e. The number of aryl methyl sites for hydroxylation is 2. The molecule has 0 spiro atoms. The van der Waals surface area contributed by atoms with Crippen LogP contribution in [0.5, 0.6) is 5.75 Å². The number of hydrogen-bond acceptors (Lipinski definition) is 7. The first-order valence-electron chi connectivity index (χ1n) is 11.3. The van der Waals surface area contributed by atoms with Crippen LogP contribution in [0.3, 0.4) is 0 Å². The number of esters is 1. The number of halogens is 1. The lowest BCUT2D eigenvalue weighted by molar-refractivity contribution is -0.136. The SMILES string of the molecule is COC(=O)C1=C(C)N=c2s/c(=C\c3ccc4c(c3)n(C)c(=O)n4C)c(=O)n2[C@H]1c1cc(Cl)ccc1OC. The molecule has 0 amide bonds. The molecule has 0 unspecified atom stereocenters. The van der Waals surface area contributed by atoms with Gasteiger partial charge >= 0.3 is 11.7 Å². The highest BCUT2D eigenvalue weighted by atomic mass is 35.5. The highest BCUT2D eigenvalue weighted by molar-refractivity contribution is 7.07. The summed E-state index contributed by atoms with van der Waals surface area (Å²) in [4.78, 5) is 44.0. The highest BCUT2D eigenvalue weighted by Crippen LogP contribution is 2.37. The van der Waals surface area contributed by atoms with Crippen molar-refractivity contribution in [2.45, 2.75) is 13.0 Å². The first-order valence-corrected chi connectivity index (χ1v) is 12.5. The number of methoxy groups -OCH3 is 2. The van der Waals surface area contributed by atoms with Crippen LogP contribution in [0.1, 0.15) is 24.1 Å². The Hall–Kier alpha value is -3.89. The standard InChI is InChI=1S/C26H23ClN4O5S/c1-13-21(24(33)36-5)22(16-12-15(27)7-9-19(16)35-4)31-23(32)20(37-25(31)28-13)11-14-6-8-17-18(10-14)30(3)26(34)29(17)2/h6-12,22H,1-5H3/b20-11-/t22-/m0/s1. The van der Waals surface area contributed by atoms with Crippen LogP contribution in [0, 0.1) is 0 Å². The van der Waals surface area contributed by atoms with Crippen LogP contribution < -0.4 is 25.3 Å². The second-order valence-corrected chi connectivity index (χ2v) is 10.1. The number of thiazole rings is 1. The third-order valence-electron chi connectivity index (χ3n) is 6.51. The summed E-state index contributed by atoms with van der Waals surface area (Å²) in [5.41, 5.74) is 3.03. The van der Waals surface area contributed by atoms with Gasteiger partial charge in [-0.15, -0.1) is 0 Å². The lowest BCUT2D eigenvalue weighted by Gasteiger charge is -2.25. The molecule has 5 rings (SSSR count). The number of hydrogen-bond donors (Lipinski definition) is 0. The van der Waals surface area contributed by atoms with Crippen LogP contribution in [-0.4, -0.2) is 33.9 Å². The summed E-state index contributed by atoms with van der Waals surface area (Å²) in [6.45, 7) is 1.71. The summed E-state index contributed by atoms with van der Waals surface area (Å²) in [7, 11) is 6.22. The molecular formula is C26H23ClN4O5S. The zero-order valence-corrected chi connectivity index (χ0v) is 22.3. The number of allylic oxidation sites excluding steroid dienone is 1. The Morgan fingerprint density at radius 2 is 1.81 bits per heavy atom. The summed E-state index contributed by atoms with van der Waals surface area (Å²) in [5.74, 6) is -0.131. The minimum absolute atomic E-state index is 0.132. The molecule has 0 aliphatic carbocycles. The third kappa shape index (κ3) is 3.93. The van der Waals surface area contributed by atoms with E-state index in [1.807, 2.05) is 18.2 Å². The number of aromatic nitrogens is 3. The molecule has 0 fully saturated rings. The molecule has 2 aromatic carbocycles. The fourth-order valence-corrected chi connectivity index (χ4v) is 5.90. The van der Waals surface area contributed by atoms with E-state index in [0.717, 1.165) is 16.6 Å². The van der Waals surface area contributed by atoms with Crippen LogP contribution in [0.15, 0.2) is 62.2 Å². The van der Waals surface area contributed by atoms with Crippen LogP contribution >= 0.6 is 22.9 Å². The maximum absolute atomic E-state index is 13.8. The molecule has 0 radical (unpaired) electrons. The zero-order chi connectivity index (χ0) is 26.6. The molecule has 4 aromatic rings. The lowest BCUT2D eigenvalue weighted by atomic mass is 9.95. The van der Waals surface area contributed by atoms with E-state index in [9.17, 15) is 14.4 Å². The summed E-state index contributed by atoms with van der Waals surface area (Å²) < 4.78 is 15.6. The van der Waals surface area contributed by atoms with Crippen LogP contribution in [0.4, 0.5) is 0 Å². The van der Waals surface area contributed by atoms with E-state index < -0.39 is 12.0 Å². The van der Waals surface area contributed by atoms with Crippen molar-refractivity contribution >= 4 is 46.0 Å². The van der Waals surface area contributed by atoms with Crippen LogP contribution in [0.2, 0.25) is 5.02 Å². The van der Waals surface area contributed by atoms with Crippen molar-refractivity contribution < 1.29 is 14.3 Å². The van der Waals surface area contributed by atoms with Crippen LogP contribution in [0.25, 0.3) is 17.1 Å². The zero-order valence-electron chi connectivity index (χ0n) is 20.7. The maximum Gasteiger partial charge on any atom is 0.338 e. The quantitative estimate of drug-likeness (QED) is 0.371. The van der Waals surface area contributed by atoms with Crippen molar-refractivity contribution in [3.8, 4) is 5.75 Å². The van der Waals surface area contributed by atoms with E-state index in [0.29, 0.717) is 31.4 Å². The predicted molar refractivity (Wildman–Crippen MR) is 142 cm³/mol. The number of benzene rings is 2. The van der Waals surface area contributed by atoms with Gasteiger partial charge in [-0.2, -0.15) is 0 Å². The van der Waals surface area contributed by atoms with Gasteiger partial charge in [-0.3, -0.25) is 18.5 Å². The molecule has 3 heterocycles. The van der Waals surface area contributed by atoms with E-state index in [1.54, 1.807) is 54.4 Å². The van der Waals surface area contributed by atoms with Crippen LogP contribution in [-0.2, 0) is 23.6 Å². The van der Waals surface area contributed by atoms with E-state index in [2.05, 4.69) is 4.99 Å². The second kappa shape index (κ2) is 9.20. The minimum Gasteiger partial charge on any atom is -0.496 e. The molecular weight excluding hydrogens is 516 g/mol. The molecule has 190 valence electrons. The fourth-order valence-electron chi connectivity index (χ4n) is 4.67. The molecule has 0 saturated carbocycles. The first-order chi connectivity index (χ1) is 17.7. The molecule has 0 bridgehead atoms. The lowest BCUT2D eigenvalue weighted by Crippen LogP contribution is -2.40. The van der Waals surface area contributed by atoms with Gasteiger partial charge in [0.1, 0.15) is 11.8 Å². The van der Waals surface area contributed by atoms with E-state index in [1.165, 1.54) is 30.1 Å². The third-order valence-corrected chi connectivity index (χ3v) is 7.73. The molecule has 37 heavy (non-hydrogen) atoms. The summed E-state index contributed by atoms with van der Waals surface area (Å²) in [6, 6.07) is 9.75. The molecule has 1 aliphatic heterocycles. The summed E-state index contributed by atoms with van der Waals surface area (Å²) in [6.07, 6.45) is 1.75. The molecule has 9 nitrogen and oxygen atoms in total. The summed E-state index contributed by atoms with van der Waals surface area (Å²) in [5, 5.41) is 0.429. The van der Waals surface area contributed by atoms with Crippen molar-refractivity contribution in [1.82, 2.24) is 13.7 Å². The van der Waals surface area contributed by atoms with E-state index in [4.69, 9.17) is 21.1 Å². The van der Waals surface area contributed by atoms with Gasteiger partial charge in [-0.1, -0.05) is 29.0 Å². The molecule has 0 saturated heterocycles. The van der Waals surface area contributed by atoms with Gasteiger partial charge < -0.3 is 9.47 Å². The fraction of sp³-hybridized carbons (Fsp3) is 0.231. The number of fused-ring (bicyclic) bond motifs is 2. The highest BCUT2D eigenvalue weighted by Gasteiger charge is 2.35. The second-order valence-electron chi connectivity index (χ2n) is 8.61. The van der Waals surface area contributed by atoms with Gasteiger partial charge in [-0.05, 0) is 48.9 Å². The molecule has 1 aliphatic rings. The molecule has 0 N–H and O–H groups in total. The van der Waals surface area contributed by atoms with Crippen molar-refractivity contribution in [2.24, 2.45) is 19.1 Å². The number of carbonyl (C=O) groups is 1. The Kier molecular flexibility index (Phi) is 6.17. The number of nitrogens with zero attached hydrogens (tertiary/aromatic N) is 4. The molecule has 1 atom stereocenters. The van der Waals surface area contributed by atoms with Crippen molar-refractivity contribution in [3.05, 3.63) is 94.0 Å². The van der Waals surface area contributed by atoms with Gasteiger partial charge in [0.2, 0.25) is 0 Å². The number of carbonyl (C=O) groups excluding carboxylic acids is 1. The number of rotatable bonds is 4. The van der Waals surface area contributed by atoms with Crippen molar-refractivity contribution in [3.63, 3.8) is 0 Å². The number of imidazole rings is 1. The average Bonchev–Trinajstić information content (AvgIpc) is 3.30. The monoisotopic (exact) mass is 538 g/mol. The van der Waals surface area contributed by atoms with E-state index >= 15 is 0 Å². The maximum atomic E-state index is 13.8. The van der Waals surface area contributed by atoms with Crippen molar-refractivity contribution in [1.29, 1.82) is 0 Å². The van der Waals surface area contributed by atoms with Gasteiger partial charge in [0.25, 0.3) is 5.56 Å². The minimum atomic E-state index is -0.850. The largest absolute Gasteiger partial charge is 0.496 e. The topological polar surface area (TPSA) is 96.8 Å². The Bertz CT molecular complexity index is 1880. The normalized spacial score (nSPS) is 15.6. The average molecular weight is 539 g/mol. The Morgan fingerprint density at radius 1 is 1.08 bits per heavy atom. The first kappa shape index (κ1) is 24.8. The van der Waals surface area contributed by atoms with Gasteiger partial charge in [0.05, 0.1) is 41.1 Å². The summed E-state index contributed by atoms with van der Waals surface area (Å²) >= 11 is 7.53. The van der Waals surface area contributed by atoms with Gasteiger partial charge in [0.15, 0.2) is 4.80 Å². The van der Waals surface area contributed by atoms with Gasteiger partial charge in [-0.25, -0.2) is 14.6 Å². The van der Waals surface area contributed by atoms with Crippen molar-refractivity contribution in [2.75, 3.05) is 14.2 Å². The Balaban J connectivity index is 1.77. The molecule has 11 heteroatoms. The molecule has 2 aromatic heterocycles. The Morgan fingerprint density at radius 3 is 2.51 bits per heavy atom. The predicted octanol–water partition coefficient (Wildman–Crippen LogP) is 2.26. The number of ether oxygens (including phenoxy) is 2. The van der Waals surface area contributed by atoms with E-state index in [-0.39, 0.29) is 16.8 Å².